The van der Waals surface area contributed by atoms with Crippen LogP contribution >= 0.6 is 0 Å². The fourth-order valence-corrected chi connectivity index (χ4v) is 6.21. The summed E-state index contributed by atoms with van der Waals surface area (Å²) in [5.74, 6) is -1.62. The van der Waals surface area contributed by atoms with Crippen molar-refractivity contribution in [2.45, 2.75) is 38.8 Å². The molecule has 5 heterocycles. The van der Waals surface area contributed by atoms with Gasteiger partial charge in [0.1, 0.15) is 23.1 Å². The van der Waals surface area contributed by atoms with E-state index in [1.807, 2.05) is 37.4 Å². The van der Waals surface area contributed by atoms with E-state index in [4.69, 9.17) is 10.7 Å². The monoisotopic (exact) mass is 580 g/mol. The molecule has 0 amide bonds. The third-order valence-electron chi connectivity index (χ3n) is 8.56. The number of hydrogen-bond acceptors (Lipinski definition) is 4. The number of nitrogens with one attached hydrogen (secondary N) is 1. The van der Waals surface area contributed by atoms with Gasteiger partial charge in [0.05, 0.1) is 22.8 Å². The first-order valence-corrected chi connectivity index (χ1v) is 14.5. The number of H-pyrrole nitrogens is 1. The number of anilines is 1. The van der Waals surface area contributed by atoms with Gasteiger partial charge in [0.25, 0.3) is 0 Å². The Bertz CT molecular complexity index is 1950. The minimum atomic E-state index is -0.655. The number of nitrogens with zero attached hydrogens (tertiary/aromatic N) is 4. The summed E-state index contributed by atoms with van der Waals surface area (Å²) >= 11 is 0. The van der Waals surface area contributed by atoms with Gasteiger partial charge in [-0.2, -0.15) is 0 Å². The molecule has 1 atom stereocenters. The highest BCUT2D eigenvalue weighted by Gasteiger charge is 2.28. The van der Waals surface area contributed by atoms with Crippen molar-refractivity contribution in [3.63, 3.8) is 0 Å². The third-order valence-corrected chi connectivity index (χ3v) is 8.56. The normalized spacial score (nSPS) is 15.1. The number of aromatic nitrogens is 4. The number of pyridine rings is 2. The number of hydrogen-bond donors (Lipinski definition) is 2. The summed E-state index contributed by atoms with van der Waals surface area (Å²) in [5.41, 5.74) is 13.2. The summed E-state index contributed by atoms with van der Waals surface area (Å²) in [6, 6.07) is 13.1. The number of aryl methyl sites for hydroxylation is 1. The lowest BCUT2D eigenvalue weighted by atomic mass is 9.96. The fraction of sp³-hybridized carbons (Fsp3) is 0.235. The minimum absolute atomic E-state index is 0.0885. The molecule has 1 unspecified atom stereocenters. The largest absolute Gasteiger partial charge is 0.370 e. The van der Waals surface area contributed by atoms with E-state index in [-0.39, 0.29) is 17.9 Å². The third kappa shape index (κ3) is 4.83. The molecule has 9 heteroatoms. The van der Waals surface area contributed by atoms with Gasteiger partial charge in [0.15, 0.2) is 0 Å². The van der Waals surface area contributed by atoms with Crippen LogP contribution in [0.2, 0.25) is 0 Å². The number of aromatic amines is 1. The van der Waals surface area contributed by atoms with Crippen LogP contribution in [0.15, 0.2) is 73.3 Å². The molecule has 7 rings (SSSR count). The minimum Gasteiger partial charge on any atom is -0.370 e. The van der Waals surface area contributed by atoms with Gasteiger partial charge in [-0.05, 0) is 73.7 Å². The van der Waals surface area contributed by atoms with Crippen LogP contribution < -0.4 is 10.6 Å². The zero-order valence-electron chi connectivity index (χ0n) is 23.9. The Morgan fingerprint density at radius 1 is 0.907 bits per heavy atom. The smallest absolute Gasteiger partial charge is 0.148 e. The Hall–Kier alpha value is -4.63. The van der Waals surface area contributed by atoms with Crippen LogP contribution in [0.1, 0.15) is 37.1 Å². The molecule has 0 spiro atoms. The lowest BCUT2D eigenvalue weighted by Crippen LogP contribution is -2.40. The first-order valence-electron chi connectivity index (χ1n) is 14.5. The van der Waals surface area contributed by atoms with E-state index in [0.29, 0.717) is 40.8 Å². The van der Waals surface area contributed by atoms with Gasteiger partial charge in [-0.3, -0.25) is 4.98 Å². The van der Waals surface area contributed by atoms with Crippen LogP contribution in [-0.2, 0) is 0 Å². The molecule has 1 saturated heterocycles. The van der Waals surface area contributed by atoms with Gasteiger partial charge in [0, 0.05) is 72.0 Å². The Kier molecular flexibility index (Phi) is 6.69. The Labute approximate surface area is 247 Å². The second kappa shape index (κ2) is 10.6. The average Bonchev–Trinajstić information content (AvgIpc) is 3.57. The maximum Gasteiger partial charge on any atom is 0.148 e. The van der Waals surface area contributed by atoms with Crippen LogP contribution in [0.25, 0.3) is 44.2 Å². The van der Waals surface area contributed by atoms with Crippen molar-refractivity contribution in [2.24, 2.45) is 5.73 Å². The van der Waals surface area contributed by atoms with Crippen molar-refractivity contribution in [3.05, 3.63) is 102 Å². The molecule has 3 N–H and O–H groups in total. The van der Waals surface area contributed by atoms with Gasteiger partial charge in [-0.1, -0.05) is 12.1 Å². The molecule has 0 bridgehead atoms. The number of halogens is 3. The quantitative estimate of drug-likeness (QED) is 0.221. The first-order chi connectivity index (χ1) is 20.8. The van der Waals surface area contributed by atoms with E-state index in [0.717, 1.165) is 52.4 Å². The molecule has 1 fully saturated rings. The van der Waals surface area contributed by atoms with Crippen molar-refractivity contribution in [3.8, 4) is 22.3 Å². The van der Waals surface area contributed by atoms with Crippen LogP contribution in [-0.4, -0.2) is 38.7 Å². The molecule has 1 aliphatic rings. The molecule has 6 nitrogen and oxygen atoms in total. The van der Waals surface area contributed by atoms with E-state index in [2.05, 4.69) is 32.6 Å². The van der Waals surface area contributed by atoms with E-state index < -0.39 is 11.6 Å². The zero-order chi connectivity index (χ0) is 29.8. The van der Waals surface area contributed by atoms with Crippen LogP contribution in [0.3, 0.4) is 0 Å². The van der Waals surface area contributed by atoms with Gasteiger partial charge < -0.3 is 20.2 Å². The summed E-state index contributed by atoms with van der Waals surface area (Å²) in [6.45, 7) is 5.44. The maximum atomic E-state index is 14.5. The van der Waals surface area contributed by atoms with Crippen molar-refractivity contribution in [1.29, 1.82) is 0 Å². The standard InChI is InChI=1S/C34H31F3N6/c1-19-3-6-30(39-15-19)20(2)43-18-28(21-4-5-26-29(37)17-40-31(26)13-21)32-33(42-9-7-25(38)8-10-42)27(16-41-34(32)43)22-11-23(35)14-24(36)12-22/h3-6,11-18,20,25,40H,7-10,38H2,1-2H3. The predicted octanol–water partition coefficient (Wildman–Crippen LogP) is 7.51. The highest BCUT2D eigenvalue weighted by molar-refractivity contribution is 6.08. The summed E-state index contributed by atoms with van der Waals surface area (Å²) in [7, 11) is 0. The molecular formula is C34H31F3N6. The van der Waals surface area contributed by atoms with Crippen molar-refractivity contribution in [2.75, 3.05) is 18.0 Å². The Morgan fingerprint density at radius 3 is 2.40 bits per heavy atom. The molecular weight excluding hydrogens is 549 g/mol. The van der Waals surface area contributed by atoms with E-state index in [1.54, 1.807) is 12.3 Å². The van der Waals surface area contributed by atoms with Crippen molar-refractivity contribution in [1.82, 2.24) is 19.5 Å². The second-order valence-electron chi connectivity index (χ2n) is 11.5. The van der Waals surface area contributed by atoms with E-state index in [1.165, 1.54) is 18.3 Å². The van der Waals surface area contributed by atoms with Gasteiger partial charge in [-0.25, -0.2) is 18.2 Å². The van der Waals surface area contributed by atoms with Crippen LogP contribution in [0.5, 0.6) is 0 Å². The second-order valence-corrected chi connectivity index (χ2v) is 11.5. The maximum absolute atomic E-state index is 14.5. The number of fused-ring (bicyclic) bond motifs is 2. The molecule has 6 aromatic rings. The molecule has 2 aromatic carbocycles. The van der Waals surface area contributed by atoms with Crippen molar-refractivity contribution >= 4 is 27.6 Å². The fourth-order valence-electron chi connectivity index (χ4n) is 6.21. The zero-order valence-corrected chi connectivity index (χ0v) is 23.9. The molecule has 0 radical (unpaired) electrons. The van der Waals surface area contributed by atoms with Crippen molar-refractivity contribution < 1.29 is 13.2 Å². The predicted molar refractivity (Wildman–Crippen MR) is 165 cm³/mol. The van der Waals surface area contributed by atoms with Gasteiger partial charge in [0.2, 0.25) is 0 Å². The lowest BCUT2D eigenvalue weighted by molar-refractivity contribution is 0.502. The topological polar surface area (TPSA) is 75.8 Å². The van der Waals surface area contributed by atoms with Gasteiger partial charge >= 0.3 is 0 Å². The van der Waals surface area contributed by atoms with E-state index >= 15 is 0 Å². The van der Waals surface area contributed by atoms with Gasteiger partial charge in [-0.15, -0.1) is 0 Å². The molecule has 218 valence electrons. The molecule has 0 saturated carbocycles. The summed E-state index contributed by atoms with van der Waals surface area (Å²) < 4.78 is 45.5. The first kappa shape index (κ1) is 27.2. The number of nitrogens with two attached hydrogens (primary N) is 1. The molecule has 1 aliphatic heterocycles. The molecule has 43 heavy (non-hydrogen) atoms. The summed E-state index contributed by atoms with van der Waals surface area (Å²) in [6.07, 6.45) is 8.53. The Balaban J connectivity index is 1.54. The van der Waals surface area contributed by atoms with E-state index in [9.17, 15) is 13.2 Å². The van der Waals surface area contributed by atoms with Crippen LogP contribution in [0.4, 0.5) is 18.9 Å². The van der Waals surface area contributed by atoms with Crippen LogP contribution in [0, 0.1) is 24.4 Å². The number of benzene rings is 2. The SMILES string of the molecule is Cc1ccc(C(C)n2cc(-c3ccc4c(F)c[nH]c4c3)c3c(N4CCC(N)CC4)c(-c4cc(F)cc(F)c4)cnc32)nc1. The lowest BCUT2D eigenvalue weighted by Gasteiger charge is -2.34. The molecule has 0 aliphatic carbocycles. The highest BCUT2D eigenvalue weighted by Crippen LogP contribution is 2.45. The highest BCUT2D eigenvalue weighted by atomic mass is 19.1. The Morgan fingerprint density at radius 2 is 1.67 bits per heavy atom. The number of piperidine rings is 1. The average molecular weight is 581 g/mol. The molecule has 4 aromatic heterocycles. The summed E-state index contributed by atoms with van der Waals surface area (Å²) in [5, 5.41) is 1.35. The number of rotatable bonds is 5. The summed E-state index contributed by atoms with van der Waals surface area (Å²) in [4.78, 5) is 14.9.